The van der Waals surface area contributed by atoms with E-state index in [1.165, 1.54) is 11.3 Å². The highest BCUT2D eigenvalue weighted by Gasteiger charge is 2.12. The van der Waals surface area contributed by atoms with Gasteiger partial charge in [0.15, 0.2) is 5.13 Å². The average molecular weight is 291 g/mol. The van der Waals surface area contributed by atoms with E-state index >= 15 is 0 Å². The van der Waals surface area contributed by atoms with Crippen molar-refractivity contribution >= 4 is 22.4 Å². The number of carbonyl (C=O) groups is 1. The van der Waals surface area contributed by atoms with Crippen LogP contribution in [-0.2, 0) is 6.42 Å². The summed E-state index contributed by atoms with van der Waals surface area (Å²) in [5.74, 6) is 0.0624. The third-order valence-corrected chi connectivity index (χ3v) is 3.61. The molecule has 1 heterocycles. The second-order valence-electron chi connectivity index (χ2n) is 4.65. The van der Waals surface area contributed by atoms with Gasteiger partial charge >= 0.3 is 0 Å². The molecule has 1 atom stereocenters. The number of amides is 1. The Labute approximate surface area is 121 Å². The summed E-state index contributed by atoms with van der Waals surface area (Å²) in [6.45, 7) is 1.95. The van der Waals surface area contributed by atoms with Crippen LogP contribution in [0.15, 0.2) is 29.6 Å². The standard InChI is InChI=1S/C14H17N3O2S/c1-9(2-3-10-4-6-11(18)7-5-10)16-13(19)12-8-20-14(15)17-12/h4-9,18H,2-3H2,1H3,(H2,15,17)(H,16,19). The Bertz CT molecular complexity index is 580. The normalized spacial score (nSPS) is 12.1. The lowest BCUT2D eigenvalue weighted by Gasteiger charge is -2.12. The van der Waals surface area contributed by atoms with Gasteiger partial charge in [-0.2, -0.15) is 0 Å². The first-order valence-corrected chi connectivity index (χ1v) is 7.22. The van der Waals surface area contributed by atoms with Crippen LogP contribution >= 0.6 is 11.3 Å². The zero-order chi connectivity index (χ0) is 14.5. The summed E-state index contributed by atoms with van der Waals surface area (Å²) in [6.07, 6.45) is 1.65. The van der Waals surface area contributed by atoms with E-state index in [9.17, 15) is 9.90 Å². The maximum absolute atomic E-state index is 11.9. The van der Waals surface area contributed by atoms with Crippen molar-refractivity contribution in [3.8, 4) is 5.75 Å². The molecule has 1 aromatic heterocycles. The number of aryl methyl sites for hydroxylation is 1. The predicted octanol–water partition coefficient (Wildman–Crippen LogP) is 2.18. The quantitative estimate of drug-likeness (QED) is 0.788. The molecule has 1 unspecified atom stereocenters. The smallest absolute Gasteiger partial charge is 0.271 e. The number of nitrogens with one attached hydrogen (secondary N) is 1. The molecule has 5 nitrogen and oxygen atoms in total. The van der Waals surface area contributed by atoms with Gasteiger partial charge in [-0.25, -0.2) is 4.98 Å². The molecule has 0 aliphatic heterocycles. The van der Waals surface area contributed by atoms with E-state index in [2.05, 4.69) is 10.3 Å². The van der Waals surface area contributed by atoms with Crippen molar-refractivity contribution in [2.24, 2.45) is 0 Å². The Hall–Kier alpha value is -2.08. The summed E-state index contributed by atoms with van der Waals surface area (Å²) in [5.41, 5.74) is 6.99. The molecular formula is C14H17N3O2S. The second-order valence-corrected chi connectivity index (χ2v) is 5.54. The van der Waals surface area contributed by atoms with E-state index in [0.717, 1.165) is 18.4 Å². The van der Waals surface area contributed by atoms with E-state index in [4.69, 9.17) is 5.73 Å². The molecule has 20 heavy (non-hydrogen) atoms. The molecule has 2 aromatic rings. The number of hydrogen-bond donors (Lipinski definition) is 3. The van der Waals surface area contributed by atoms with Gasteiger partial charge in [0.1, 0.15) is 11.4 Å². The van der Waals surface area contributed by atoms with Crippen molar-refractivity contribution in [2.75, 3.05) is 5.73 Å². The summed E-state index contributed by atoms with van der Waals surface area (Å²) < 4.78 is 0. The molecule has 0 fully saturated rings. The number of rotatable bonds is 5. The molecule has 1 amide bonds. The van der Waals surface area contributed by atoms with Gasteiger partial charge < -0.3 is 16.2 Å². The summed E-state index contributed by atoms with van der Waals surface area (Å²) in [4.78, 5) is 15.8. The number of benzene rings is 1. The number of nitrogens with zero attached hydrogens (tertiary/aromatic N) is 1. The van der Waals surface area contributed by atoms with Crippen molar-refractivity contribution in [2.45, 2.75) is 25.8 Å². The summed E-state index contributed by atoms with van der Waals surface area (Å²) in [5, 5.41) is 14.1. The fraction of sp³-hybridized carbons (Fsp3) is 0.286. The van der Waals surface area contributed by atoms with Gasteiger partial charge in [0.2, 0.25) is 0 Å². The molecule has 6 heteroatoms. The monoisotopic (exact) mass is 291 g/mol. The molecule has 1 aromatic carbocycles. The van der Waals surface area contributed by atoms with Crippen LogP contribution < -0.4 is 11.1 Å². The van der Waals surface area contributed by atoms with Crippen LogP contribution in [0.2, 0.25) is 0 Å². The lowest BCUT2D eigenvalue weighted by atomic mass is 10.1. The summed E-state index contributed by atoms with van der Waals surface area (Å²) >= 11 is 1.25. The molecule has 0 radical (unpaired) electrons. The largest absolute Gasteiger partial charge is 0.508 e. The fourth-order valence-electron chi connectivity index (χ4n) is 1.81. The molecule has 106 valence electrons. The van der Waals surface area contributed by atoms with Gasteiger partial charge in [-0.05, 0) is 37.5 Å². The summed E-state index contributed by atoms with van der Waals surface area (Å²) in [7, 11) is 0. The highest BCUT2D eigenvalue weighted by atomic mass is 32.1. The van der Waals surface area contributed by atoms with Gasteiger partial charge in [-0.3, -0.25) is 4.79 Å². The number of nitrogens with two attached hydrogens (primary N) is 1. The van der Waals surface area contributed by atoms with E-state index in [1.54, 1.807) is 17.5 Å². The number of aromatic nitrogens is 1. The van der Waals surface area contributed by atoms with Crippen molar-refractivity contribution in [3.05, 3.63) is 40.9 Å². The average Bonchev–Trinajstić information content (AvgIpc) is 2.85. The highest BCUT2D eigenvalue weighted by Crippen LogP contribution is 2.13. The Morgan fingerprint density at radius 1 is 1.45 bits per heavy atom. The van der Waals surface area contributed by atoms with Crippen molar-refractivity contribution < 1.29 is 9.90 Å². The van der Waals surface area contributed by atoms with Crippen LogP contribution in [0.5, 0.6) is 5.75 Å². The van der Waals surface area contributed by atoms with E-state index in [1.807, 2.05) is 19.1 Å². The zero-order valence-corrected chi connectivity index (χ0v) is 12.0. The van der Waals surface area contributed by atoms with Crippen molar-refractivity contribution in [3.63, 3.8) is 0 Å². The third kappa shape index (κ3) is 3.96. The maximum Gasteiger partial charge on any atom is 0.271 e. The van der Waals surface area contributed by atoms with Crippen LogP contribution in [-0.4, -0.2) is 22.0 Å². The highest BCUT2D eigenvalue weighted by molar-refractivity contribution is 7.13. The van der Waals surface area contributed by atoms with Crippen molar-refractivity contribution in [1.29, 1.82) is 0 Å². The second kappa shape index (κ2) is 6.38. The van der Waals surface area contributed by atoms with Gasteiger partial charge in [0.25, 0.3) is 5.91 Å². The maximum atomic E-state index is 11.9. The molecule has 0 saturated carbocycles. The van der Waals surface area contributed by atoms with Gasteiger partial charge in [0.05, 0.1) is 0 Å². The minimum Gasteiger partial charge on any atom is -0.508 e. The molecule has 0 spiro atoms. The first-order chi connectivity index (χ1) is 9.54. The first-order valence-electron chi connectivity index (χ1n) is 6.34. The Morgan fingerprint density at radius 3 is 2.75 bits per heavy atom. The number of phenolic OH excluding ortho intramolecular Hbond substituents is 1. The van der Waals surface area contributed by atoms with Crippen LogP contribution in [0, 0.1) is 0 Å². The zero-order valence-electron chi connectivity index (χ0n) is 11.2. The number of phenols is 1. The SMILES string of the molecule is CC(CCc1ccc(O)cc1)NC(=O)c1csc(N)n1. The Kier molecular flexibility index (Phi) is 4.57. The molecule has 0 bridgehead atoms. The number of carbonyl (C=O) groups excluding carboxylic acids is 1. The predicted molar refractivity (Wildman–Crippen MR) is 79.9 cm³/mol. The van der Waals surface area contributed by atoms with Crippen molar-refractivity contribution in [1.82, 2.24) is 10.3 Å². The van der Waals surface area contributed by atoms with E-state index < -0.39 is 0 Å². The lowest BCUT2D eigenvalue weighted by molar-refractivity contribution is 0.0934. The Balaban J connectivity index is 1.82. The number of hydrogen-bond acceptors (Lipinski definition) is 5. The van der Waals surface area contributed by atoms with Crippen LogP contribution in [0.1, 0.15) is 29.4 Å². The molecule has 2 rings (SSSR count). The topological polar surface area (TPSA) is 88.2 Å². The number of aromatic hydroxyl groups is 1. The van der Waals surface area contributed by atoms with Gasteiger partial charge in [-0.1, -0.05) is 12.1 Å². The molecule has 4 N–H and O–H groups in total. The first kappa shape index (κ1) is 14.3. The molecule has 0 aliphatic carbocycles. The third-order valence-electron chi connectivity index (χ3n) is 2.93. The minimum absolute atomic E-state index is 0.0410. The number of thiazole rings is 1. The van der Waals surface area contributed by atoms with E-state index in [-0.39, 0.29) is 17.7 Å². The van der Waals surface area contributed by atoms with Crippen LogP contribution in [0.3, 0.4) is 0 Å². The minimum atomic E-state index is -0.198. The van der Waals surface area contributed by atoms with Crippen LogP contribution in [0.25, 0.3) is 0 Å². The summed E-state index contributed by atoms with van der Waals surface area (Å²) in [6, 6.07) is 7.13. The van der Waals surface area contributed by atoms with Crippen LogP contribution in [0.4, 0.5) is 5.13 Å². The fourth-order valence-corrected chi connectivity index (χ4v) is 2.35. The lowest BCUT2D eigenvalue weighted by Crippen LogP contribution is -2.33. The molecule has 0 aliphatic rings. The van der Waals surface area contributed by atoms with E-state index in [0.29, 0.717) is 10.8 Å². The molecule has 0 saturated heterocycles. The number of nitrogen functional groups attached to an aromatic ring is 1. The van der Waals surface area contributed by atoms with Gasteiger partial charge in [0, 0.05) is 11.4 Å². The number of anilines is 1. The Morgan fingerprint density at radius 2 is 2.15 bits per heavy atom. The van der Waals surface area contributed by atoms with Gasteiger partial charge in [-0.15, -0.1) is 11.3 Å². The molecular weight excluding hydrogens is 274 g/mol.